The minimum absolute atomic E-state index is 0.180. The highest BCUT2D eigenvalue weighted by molar-refractivity contribution is 7.17. The van der Waals surface area contributed by atoms with Crippen molar-refractivity contribution in [3.8, 4) is 5.75 Å². The molecular formula is C12H9N3O4S. The molecule has 0 atom stereocenters. The summed E-state index contributed by atoms with van der Waals surface area (Å²) in [4.78, 5) is 30.1. The van der Waals surface area contributed by atoms with Gasteiger partial charge in [-0.3, -0.25) is 9.36 Å². The smallest absolute Gasteiger partial charge is 0.341 e. The number of carboxylic acids is 1. The number of carboxylic acid groups (broad SMARTS) is 1. The molecule has 0 aromatic carbocycles. The maximum atomic E-state index is 12.2. The van der Waals surface area contributed by atoms with Gasteiger partial charge in [0, 0.05) is 6.20 Å². The molecule has 3 heterocycles. The molecule has 0 aliphatic rings. The van der Waals surface area contributed by atoms with Crippen LogP contribution in [0.4, 0.5) is 0 Å². The lowest BCUT2D eigenvalue weighted by molar-refractivity contribution is 0.0695. The summed E-state index contributed by atoms with van der Waals surface area (Å²) in [6.07, 6.45) is 3.05. The van der Waals surface area contributed by atoms with Gasteiger partial charge in [0.15, 0.2) is 5.75 Å². The number of aromatic hydroxyl groups is 1. The van der Waals surface area contributed by atoms with Crippen LogP contribution in [0.1, 0.15) is 16.1 Å². The molecule has 3 rings (SSSR count). The molecule has 0 bridgehead atoms. The number of aromatic amines is 1. The van der Waals surface area contributed by atoms with Crippen LogP contribution in [0.25, 0.3) is 10.2 Å². The molecule has 0 aliphatic heterocycles. The first-order valence-corrected chi connectivity index (χ1v) is 6.51. The molecule has 0 radical (unpaired) electrons. The number of nitrogens with one attached hydrogen (secondary N) is 1. The van der Waals surface area contributed by atoms with Gasteiger partial charge < -0.3 is 15.2 Å². The van der Waals surface area contributed by atoms with E-state index in [0.29, 0.717) is 15.9 Å². The van der Waals surface area contributed by atoms with Crippen LogP contribution in [0.15, 0.2) is 28.8 Å². The molecular weight excluding hydrogens is 282 g/mol. The summed E-state index contributed by atoms with van der Waals surface area (Å²) in [6, 6.07) is 1.66. The summed E-state index contributed by atoms with van der Waals surface area (Å²) in [5, 5.41) is 20.7. The Bertz CT molecular complexity index is 848. The van der Waals surface area contributed by atoms with Crippen molar-refractivity contribution in [3.05, 3.63) is 45.6 Å². The first-order chi connectivity index (χ1) is 9.59. The van der Waals surface area contributed by atoms with E-state index < -0.39 is 17.3 Å². The minimum atomic E-state index is -1.32. The lowest BCUT2D eigenvalue weighted by Gasteiger charge is -2.09. The zero-order valence-electron chi connectivity index (χ0n) is 10.0. The monoisotopic (exact) mass is 291 g/mol. The summed E-state index contributed by atoms with van der Waals surface area (Å²) in [7, 11) is 0. The number of aromatic carboxylic acids is 1. The maximum absolute atomic E-state index is 12.2. The number of rotatable bonds is 3. The average molecular weight is 291 g/mol. The Hall–Kier alpha value is -2.61. The number of H-pyrrole nitrogens is 1. The van der Waals surface area contributed by atoms with Gasteiger partial charge in [-0.05, 0) is 11.4 Å². The van der Waals surface area contributed by atoms with Crippen molar-refractivity contribution in [2.75, 3.05) is 0 Å². The van der Waals surface area contributed by atoms with Gasteiger partial charge in [-0.15, -0.1) is 11.3 Å². The number of pyridine rings is 1. The third-order valence-corrected chi connectivity index (χ3v) is 3.87. The summed E-state index contributed by atoms with van der Waals surface area (Å²) >= 11 is 1.17. The van der Waals surface area contributed by atoms with E-state index in [2.05, 4.69) is 9.97 Å². The second-order valence-electron chi connectivity index (χ2n) is 4.13. The van der Waals surface area contributed by atoms with Gasteiger partial charge in [-0.25, -0.2) is 9.78 Å². The number of fused-ring (bicyclic) bond motifs is 1. The van der Waals surface area contributed by atoms with E-state index in [1.807, 2.05) is 0 Å². The summed E-state index contributed by atoms with van der Waals surface area (Å²) in [6.45, 7) is 0.180. The van der Waals surface area contributed by atoms with Gasteiger partial charge >= 0.3 is 5.97 Å². The van der Waals surface area contributed by atoms with Crippen LogP contribution in [0, 0.1) is 0 Å². The fourth-order valence-corrected chi connectivity index (χ4v) is 2.98. The molecule has 3 aromatic heterocycles. The third-order valence-electron chi connectivity index (χ3n) is 2.94. The van der Waals surface area contributed by atoms with Gasteiger partial charge in [-0.2, -0.15) is 0 Å². The molecule has 0 aliphatic carbocycles. The number of imidazole rings is 1. The zero-order chi connectivity index (χ0) is 14.3. The molecule has 20 heavy (non-hydrogen) atoms. The number of thiophene rings is 1. The molecule has 0 fully saturated rings. The molecule has 0 saturated carbocycles. The van der Waals surface area contributed by atoms with Crippen LogP contribution in [0.2, 0.25) is 0 Å². The Morgan fingerprint density at radius 3 is 2.95 bits per heavy atom. The largest absolute Gasteiger partial charge is 0.502 e. The molecule has 8 heteroatoms. The predicted octanol–water partition coefficient (Wildman–Crippen LogP) is 1.24. The zero-order valence-corrected chi connectivity index (χ0v) is 10.8. The summed E-state index contributed by atoms with van der Waals surface area (Å²) < 4.78 is 1.69. The van der Waals surface area contributed by atoms with Crippen LogP contribution in [-0.4, -0.2) is 30.7 Å². The quantitative estimate of drug-likeness (QED) is 0.672. The molecule has 0 saturated heterocycles. The average Bonchev–Trinajstić information content (AvgIpc) is 3.05. The van der Waals surface area contributed by atoms with Crippen molar-refractivity contribution in [1.29, 1.82) is 0 Å². The van der Waals surface area contributed by atoms with E-state index in [1.54, 1.807) is 17.6 Å². The second kappa shape index (κ2) is 4.49. The van der Waals surface area contributed by atoms with Crippen LogP contribution in [0.3, 0.4) is 0 Å². The number of aromatic nitrogens is 3. The number of hydrogen-bond donors (Lipinski definition) is 3. The standard InChI is InChI=1S/C12H9N3O4S/c16-9-8(12(18)19)10-7(1-2-20-10)15(11(9)17)4-6-3-13-5-14-6/h1-3,5,16H,4H2,(H,13,14)(H,18,19). The van der Waals surface area contributed by atoms with Gasteiger partial charge in [0.2, 0.25) is 0 Å². The topological polar surface area (TPSA) is 108 Å². The molecule has 0 spiro atoms. The SMILES string of the molecule is O=C(O)c1c(O)c(=O)n(Cc2cnc[nH]2)c2ccsc12. The van der Waals surface area contributed by atoms with E-state index in [4.69, 9.17) is 5.11 Å². The normalized spacial score (nSPS) is 11.0. The molecule has 102 valence electrons. The van der Waals surface area contributed by atoms with E-state index >= 15 is 0 Å². The van der Waals surface area contributed by atoms with Crippen LogP contribution >= 0.6 is 11.3 Å². The van der Waals surface area contributed by atoms with Crippen molar-refractivity contribution in [2.24, 2.45) is 0 Å². The Kier molecular flexibility index (Phi) is 2.79. The van der Waals surface area contributed by atoms with Crippen molar-refractivity contribution in [1.82, 2.24) is 14.5 Å². The molecule has 0 amide bonds. The predicted molar refractivity (Wildman–Crippen MR) is 72.4 cm³/mol. The lowest BCUT2D eigenvalue weighted by Crippen LogP contribution is -2.23. The highest BCUT2D eigenvalue weighted by Gasteiger charge is 2.22. The fourth-order valence-electron chi connectivity index (χ4n) is 2.05. The minimum Gasteiger partial charge on any atom is -0.502 e. The Morgan fingerprint density at radius 2 is 2.30 bits per heavy atom. The van der Waals surface area contributed by atoms with Crippen molar-refractivity contribution >= 4 is 27.5 Å². The molecule has 3 N–H and O–H groups in total. The van der Waals surface area contributed by atoms with E-state index in [0.717, 1.165) is 0 Å². The Labute approximate surface area is 115 Å². The van der Waals surface area contributed by atoms with Gasteiger partial charge in [0.25, 0.3) is 5.56 Å². The van der Waals surface area contributed by atoms with Crippen molar-refractivity contribution < 1.29 is 15.0 Å². The first-order valence-electron chi connectivity index (χ1n) is 5.63. The lowest BCUT2D eigenvalue weighted by atomic mass is 10.2. The number of carbonyl (C=O) groups is 1. The summed E-state index contributed by atoms with van der Waals surface area (Å²) in [5.41, 5.74) is 0.0793. The van der Waals surface area contributed by atoms with Crippen molar-refractivity contribution in [2.45, 2.75) is 6.54 Å². The highest BCUT2D eigenvalue weighted by Crippen LogP contribution is 2.28. The van der Waals surface area contributed by atoms with Crippen LogP contribution in [-0.2, 0) is 6.54 Å². The maximum Gasteiger partial charge on any atom is 0.341 e. The Balaban J connectivity index is 2.31. The number of nitrogens with zero attached hydrogens (tertiary/aromatic N) is 2. The van der Waals surface area contributed by atoms with Gasteiger partial charge in [-0.1, -0.05) is 0 Å². The van der Waals surface area contributed by atoms with Gasteiger partial charge in [0.05, 0.1) is 28.8 Å². The van der Waals surface area contributed by atoms with Crippen LogP contribution in [0.5, 0.6) is 5.75 Å². The fraction of sp³-hybridized carbons (Fsp3) is 0.0833. The highest BCUT2D eigenvalue weighted by atomic mass is 32.1. The summed E-state index contributed by atoms with van der Waals surface area (Å²) in [5.74, 6) is -2.06. The van der Waals surface area contributed by atoms with Crippen molar-refractivity contribution in [3.63, 3.8) is 0 Å². The van der Waals surface area contributed by atoms with Gasteiger partial charge in [0.1, 0.15) is 5.56 Å². The van der Waals surface area contributed by atoms with E-state index in [-0.39, 0.29) is 12.1 Å². The van der Waals surface area contributed by atoms with E-state index in [1.165, 1.54) is 22.2 Å². The number of hydrogen-bond acceptors (Lipinski definition) is 5. The van der Waals surface area contributed by atoms with E-state index in [9.17, 15) is 14.7 Å². The Morgan fingerprint density at radius 1 is 1.50 bits per heavy atom. The molecule has 0 unspecified atom stereocenters. The third kappa shape index (κ3) is 1.77. The van der Waals surface area contributed by atoms with Crippen LogP contribution < -0.4 is 5.56 Å². The molecule has 3 aromatic rings. The second-order valence-corrected chi connectivity index (χ2v) is 5.05. The molecule has 7 nitrogen and oxygen atoms in total. The first kappa shape index (κ1) is 12.4.